The van der Waals surface area contributed by atoms with Gasteiger partial charge in [-0.15, -0.1) is 0 Å². The van der Waals surface area contributed by atoms with Crippen LogP contribution in [0.3, 0.4) is 0 Å². The molecule has 0 radical (unpaired) electrons. The lowest BCUT2D eigenvalue weighted by Crippen LogP contribution is -2.41. The molecule has 1 aromatic rings. The molecular formula is C12H9ClF5N3O3. The van der Waals surface area contributed by atoms with Crippen molar-refractivity contribution < 1.29 is 36.6 Å². The van der Waals surface area contributed by atoms with E-state index in [9.17, 15) is 26.7 Å². The molecule has 1 rings (SSSR count). The number of carboxylic acid groups (broad SMARTS) is 1. The summed E-state index contributed by atoms with van der Waals surface area (Å²) in [6, 6.07) is 2.79. The second-order valence-electron chi connectivity index (χ2n) is 4.15. The number of nitrogens with two attached hydrogens (primary N) is 1. The van der Waals surface area contributed by atoms with Crippen LogP contribution in [0.5, 0.6) is 0 Å². The number of alkyl halides is 5. The highest BCUT2D eigenvalue weighted by Gasteiger charge is 2.58. The fraction of sp³-hybridized carbons (Fsp3) is 0.250. The van der Waals surface area contributed by atoms with E-state index in [1.807, 2.05) is 0 Å². The number of rotatable bonds is 6. The first-order valence-electron chi connectivity index (χ1n) is 5.91. The highest BCUT2D eigenvalue weighted by atomic mass is 35.5. The molecule has 0 fully saturated rings. The van der Waals surface area contributed by atoms with Crippen LogP contribution in [0.4, 0.5) is 27.8 Å². The van der Waals surface area contributed by atoms with Gasteiger partial charge in [0.2, 0.25) is 0 Å². The van der Waals surface area contributed by atoms with E-state index < -0.39 is 36.3 Å². The zero-order chi connectivity index (χ0) is 18.5. The molecule has 0 spiro atoms. The Morgan fingerprint density at radius 2 is 2.04 bits per heavy atom. The third kappa shape index (κ3) is 5.33. The Morgan fingerprint density at radius 3 is 2.54 bits per heavy atom. The van der Waals surface area contributed by atoms with E-state index in [0.717, 1.165) is 0 Å². The third-order valence-electron chi connectivity index (χ3n) is 2.30. The quantitative estimate of drug-likeness (QED) is 0.454. The van der Waals surface area contributed by atoms with Gasteiger partial charge in [0.25, 0.3) is 0 Å². The molecule has 6 nitrogen and oxygen atoms in total. The molecule has 1 heterocycles. The summed E-state index contributed by atoms with van der Waals surface area (Å²) in [7, 11) is 0. The first-order chi connectivity index (χ1) is 10.9. The number of pyridine rings is 1. The van der Waals surface area contributed by atoms with Crippen LogP contribution in [-0.2, 0) is 9.53 Å². The molecule has 3 N–H and O–H groups in total. The van der Waals surface area contributed by atoms with E-state index in [2.05, 4.69) is 14.7 Å². The summed E-state index contributed by atoms with van der Waals surface area (Å²) in [5, 5.41) is 8.93. The van der Waals surface area contributed by atoms with Gasteiger partial charge in [0.15, 0.2) is 24.0 Å². The number of nitrogens with zero attached hydrogens (tertiary/aromatic N) is 2. The van der Waals surface area contributed by atoms with E-state index in [4.69, 9.17) is 22.4 Å². The molecule has 0 bridgehead atoms. The number of carbonyl (C=O) groups is 1. The molecule has 24 heavy (non-hydrogen) atoms. The summed E-state index contributed by atoms with van der Waals surface area (Å²) in [5.41, 5.74) is 4.27. The zero-order valence-electron chi connectivity index (χ0n) is 11.5. The molecule has 0 aromatic carbocycles. The van der Waals surface area contributed by atoms with E-state index in [1.165, 1.54) is 18.3 Å². The Kier molecular flexibility index (Phi) is 6.07. The normalized spacial score (nSPS) is 13.8. The van der Waals surface area contributed by atoms with Gasteiger partial charge in [0.1, 0.15) is 0 Å². The van der Waals surface area contributed by atoms with Gasteiger partial charge in [-0.2, -0.15) is 22.0 Å². The number of hydrogen-bond acceptors (Lipinski definition) is 5. The Labute approximate surface area is 136 Å². The van der Waals surface area contributed by atoms with Crippen molar-refractivity contribution in [3.8, 4) is 0 Å². The van der Waals surface area contributed by atoms with Crippen LogP contribution in [0.15, 0.2) is 35.3 Å². The average molecular weight is 374 g/mol. The van der Waals surface area contributed by atoms with E-state index in [-0.39, 0.29) is 10.8 Å². The van der Waals surface area contributed by atoms with Crippen molar-refractivity contribution in [1.29, 1.82) is 0 Å². The van der Waals surface area contributed by atoms with Gasteiger partial charge in [0, 0.05) is 12.3 Å². The number of aliphatic carboxylic acids is 1. The largest absolute Gasteiger partial charge is 0.477 e. The Morgan fingerprint density at radius 1 is 1.42 bits per heavy atom. The number of aliphatic imine (C=N–C) groups is 1. The fourth-order valence-electron chi connectivity index (χ4n) is 1.15. The molecule has 0 amide bonds. The maximum atomic E-state index is 12.7. The number of ether oxygens (including phenoxy) is 1. The second-order valence-corrected chi connectivity index (χ2v) is 4.56. The number of carboxylic acids is 1. The van der Waals surface area contributed by atoms with Crippen molar-refractivity contribution in [3.05, 3.63) is 35.3 Å². The minimum atomic E-state index is -5.83. The Balaban J connectivity index is 2.97. The average Bonchev–Trinajstić information content (AvgIpc) is 2.45. The molecule has 1 aromatic heterocycles. The van der Waals surface area contributed by atoms with Crippen molar-refractivity contribution in [2.75, 3.05) is 6.61 Å². The molecule has 12 heteroatoms. The summed E-state index contributed by atoms with van der Waals surface area (Å²) < 4.78 is 65.3. The van der Waals surface area contributed by atoms with Gasteiger partial charge in [0.05, 0.1) is 5.02 Å². The SMILES string of the molecule is N/C(=C\C(=N\c1ncccc1Cl)C(=O)O)OCC(F)(F)C(F)(F)F. The Hall–Kier alpha value is -2.43. The molecule has 0 saturated heterocycles. The van der Waals surface area contributed by atoms with Crippen LogP contribution >= 0.6 is 11.6 Å². The standard InChI is InChI=1S/C12H9ClF5N3O3/c13-6-2-1-3-20-9(6)21-7(10(22)23)4-8(19)24-5-11(14,15)12(16,17)18/h1-4H,5,19H2,(H,22,23)/b8-4+,21-7-. The molecule has 0 saturated carbocycles. The molecule has 0 aliphatic carbocycles. The maximum absolute atomic E-state index is 12.7. The first-order valence-corrected chi connectivity index (χ1v) is 6.29. The highest BCUT2D eigenvalue weighted by Crippen LogP contribution is 2.35. The lowest BCUT2D eigenvalue weighted by molar-refractivity contribution is -0.293. The van der Waals surface area contributed by atoms with Gasteiger partial charge in [-0.1, -0.05) is 11.6 Å². The number of halogens is 6. The zero-order valence-corrected chi connectivity index (χ0v) is 12.3. The predicted octanol–water partition coefficient (Wildman–Crippen LogP) is 2.91. The minimum Gasteiger partial charge on any atom is -0.477 e. The van der Waals surface area contributed by atoms with Gasteiger partial charge in [-0.25, -0.2) is 14.8 Å². The number of aromatic nitrogens is 1. The predicted molar refractivity (Wildman–Crippen MR) is 73.2 cm³/mol. The minimum absolute atomic E-state index is 0.0206. The van der Waals surface area contributed by atoms with Crippen LogP contribution in [0.2, 0.25) is 5.02 Å². The molecule has 0 atom stereocenters. The number of hydrogen-bond donors (Lipinski definition) is 2. The lowest BCUT2D eigenvalue weighted by atomic mass is 10.3. The molecule has 0 aliphatic rings. The van der Waals surface area contributed by atoms with Crippen molar-refractivity contribution in [2.24, 2.45) is 10.7 Å². The molecule has 132 valence electrons. The maximum Gasteiger partial charge on any atom is 0.456 e. The third-order valence-corrected chi connectivity index (χ3v) is 2.59. The monoisotopic (exact) mass is 373 g/mol. The van der Waals surface area contributed by atoms with Crippen LogP contribution in [0.25, 0.3) is 0 Å². The van der Waals surface area contributed by atoms with E-state index in [1.54, 1.807) is 0 Å². The van der Waals surface area contributed by atoms with Gasteiger partial charge >= 0.3 is 18.1 Å². The molecular weight excluding hydrogens is 365 g/mol. The summed E-state index contributed by atoms with van der Waals surface area (Å²) in [6.45, 7) is -2.12. The molecule has 0 aliphatic heterocycles. The summed E-state index contributed by atoms with van der Waals surface area (Å²) >= 11 is 5.71. The van der Waals surface area contributed by atoms with Crippen molar-refractivity contribution >= 4 is 29.1 Å². The summed E-state index contributed by atoms with van der Waals surface area (Å²) in [4.78, 5) is 18.2. The van der Waals surface area contributed by atoms with Crippen LogP contribution in [-0.4, -0.2) is 40.5 Å². The highest BCUT2D eigenvalue weighted by molar-refractivity contribution is 6.41. The van der Waals surface area contributed by atoms with Crippen molar-refractivity contribution in [1.82, 2.24) is 4.98 Å². The summed E-state index contributed by atoms with van der Waals surface area (Å²) in [5.74, 6) is -8.05. The van der Waals surface area contributed by atoms with Crippen LogP contribution < -0.4 is 5.73 Å². The lowest BCUT2D eigenvalue weighted by Gasteiger charge is -2.19. The topological polar surface area (TPSA) is 97.8 Å². The van der Waals surface area contributed by atoms with Gasteiger partial charge in [-0.3, -0.25) is 0 Å². The van der Waals surface area contributed by atoms with E-state index >= 15 is 0 Å². The second kappa shape index (κ2) is 7.43. The van der Waals surface area contributed by atoms with Crippen molar-refractivity contribution in [3.63, 3.8) is 0 Å². The Bertz CT molecular complexity index is 676. The van der Waals surface area contributed by atoms with Crippen molar-refractivity contribution in [2.45, 2.75) is 12.1 Å². The van der Waals surface area contributed by atoms with Crippen LogP contribution in [0.1, 0.15) is 0 Å². The van der Waals surface area contributed by atoms with Gasteiger partial charge in [-0.05, 0) is 12.1 Å². The fourth-order valence-corrected chi connectivity index (χ4v) is 1.31. The van der Waals surface area contributed by atoms with E-state index in [0.29, 0.717) is 6.08 Å². The van der Waals surface area contributed by atoms with Crippen LogP contribution in [0, 0.1) is 0 Å². The van der Waals surface area contributed by atoms with Gasteiger partial charge < -0.3 is 15.6 Å². The summed E-state index contributed by atoms with van der Waals surface area (Å²) in [6.07, 6.45) is -4.13. The smallest absolute Gasteiger partial charge is 0.456 e. The molecule has 0 unspecified atom stereocenters. The first kappa shape index (κ1) is 19.6.